The third-order valence-electron chi connectivity index (χ3n) is 4.66. The van der Waals surface area contributed by atoms with E-state index < -0.39 is 0 Å². The van der Waals surface area contributed by atoms with E-state index in [-0.39, 0.29) is 5.54 Å². The molecule has 17 heavy (non-hydrogen) atoms. The van der Waals surface area contributed by atoms with Crippen LogP contribution in [0.25, 0.3) is 0 Å². The van der Waals surface area contributed by atoms with Gasteiger partial charge in [0.25, 0.3) is 0 Å². The van der Waals surface area contributed by atoms with Gasteiger partial charge in [-0.1, -0.05) is 25.2 Å². The van der Waals surface area contributed by atoms with Crippen LogP contribution in [-0.4, -0.2) is 35.1 Å². The molecule has 0 aromatic carbocycles. The number of piperazine rings is 1. The molecule has 0 aromatic rings. The molecule has 0 radical (unpaired) electrons. The summed E-state index contributed by atoms with van der Waals surface area (Å²) >= 11 is 0. The number of rotatable bonds is 1. The van der Waals surface area contributed by atoms with Gasteiger partial charge >= 0.3 is 0 Å². The fourth-order valence-electron chi connectivity index (χ4n) is 3.41. The first-order valence-corrected chi connectivity index (χ1v) is 6.99. The lowest BCUT2D eigenvalue weighted by molar-refractivity contribution is 0.0177. The van der Waals surface area contributed by atoms with E-state index in [0.717, 1.165) is 13.1 Å². The van der Waals surface area contributed by atoms with Gasteiger partial charge in [-0.15, -0.1) is 6.42 Å². The molecule has 1 heterocycles. The quantitative estimate of drug-likeness (QED) is 0.701. The van der Waals surface area contributed by atoms with Crippen LogP contribution in [-0.2, 0) is 0 Å². The van der Waals surface area contributed by atoms with E-state index in [1.165, 1.54) is 32.1 Å². The van der Waals surface area contributed by atoms with Gasteiger partial charge in [0, 0.05) is 24.7 Å². The Morgan fingerprint density at radius 2 is 1.94 bits per heavy atom. The highest BCUT2D eigenvalue weighted by atomic mass is 15.3. The van der Waals surface area contributed by atoms with E-state index in [1.54, 1.807) is 0 Å². The number of nitrogens with zero attached hydrogens (tertiary/aromatic N) is 1. The molecule has 1 unspecified atom stereocenters. The van der Waals surface area contributed by atoms with Crippen LogP contribution in [0.4, 0.5) is 0 Å². The van der Waals surface area contributed by atoms with Crippen LogP contribution in [0.5, 0.6) is 0 Å². The van der Waals surface area contributed by atoms with Crippen molar-refractivity contribution in [1.29, 1.82) is 0 Å². The molecular weight excluding hydrogens is 208 g/mol. The number of hydrogen-bond acceptors (Lipinski definition) is 2. The molecule has 2 fully saturated rings. The Labute approximate surface area is 106 Å². The zero-order valence-corrected chi connectivity index (χ0v) is 11.6. The van der Waals surface area contributed by atoms with Crippen LogP contribution >= 0.6 is 0 Å². The van der Waals surface area contributed by atoms with Gasteiger partial charge in [-0.3, -0.25) is 4.90 Å². The maximum absolute atomic E-state index is 5.71. The van der Waals surface area contributed by atoms with Crippen molar-refractivity contribution < 1.29 is 0 Å². The summed E-state index contributed by atoms with van der Waals surface area (Å²) in [5, 5.41) is 3.80. The molecule has 1 N–H and O–H groups in total. The molecular formula is C15H26N2. The van der Waals surface area contributed by atoms with Gasteiger partial charge in [-0.2, -0.15) is 0 Å². The van der Waals surface area contributed by atoms with E-state index in [4.69, 9.17) is 6.42 Å². The fraction of sp³-hybridized carbons (Fsp3) is 0.867. The molecule has 2 heteroatoms. The monoisotopic (exact) mass is 234 g/mol. The fourth-order valence-corrected chi connectivity index (χ4v) is 3.41. The van der Waals surface area contributed by atoms with Crippen LogP contribution in [0.3, 0.4) is 0 Å². The second kappa shape index (κ2) is 4.63. The van der Waals surface area contributed by atoms with Crippen molar-refractivity contribution in [3.8, 4) is 12.3 Å². The normalized spacial score (nSPS) is 30.1. The Morgan fingerprint density at radius 3 is 2.53 bits per heavy atom. The van der Waals surface area contributed by atoms with E-state index in [0.29, 0.717) is 11.6 Å². The average Bonchev–Trinajstić information content (AvgIpc) is 2.34. The van der Waals surface area contributed by atoms with Crippen LogP contribution in [0.15, 0.2) is 0 Å². The standard InChI is InChI=1S/C15H26N2/c1-5-14(3,4)17-12-15(16-11-13(17)2)9-7-6-8-10-15/h1,13,16H,6-12H2,2-4H3. The molecule has 2 nitrogen and oxygen atoms in total. The van der Waals surface area contributed by atoms with Crippen molar-refractivity contribution in [2.45, 2.75) is 70.0 Å². The van der Waals surface area contributed by atoms with Crippen molar-refractivity contribution in [2.75, 3.05) is 13.1 Å². The van der Waals surface area contributed by atoms with Crippen LogP contribution in [0.2, 0.25) is 0 Å². The average molecular weight is 234 g/mol. The van der Waals surface area contributed by atoms with Crippen molar-refractivity contribution >= 4 is 0 Å². The minimum Gasteiger partial charge on any atom is -0.308 e. The summed E-state index contributed by atoms with van der Waals surface area (Å²) in [6, 6.07) is 0.536. The molecule has 2 rings (SSSR count). The summed E-state index contributed by atoms with van der Waals surface area (Å²) in [6.07, 6.45) is 12.5. The van der Waals surface area contributed by atoms with Crippen molar-refractivity contribution in [1.82, 2.24) is 10.2 Å². The lowest BCUT2D eigenvalue weighted by Gasteiger charge is -2.52. The van der Waals surface area contributed by atoms with Gasteiger partial charge < -0.3 is 5.32 Å². The molecule has 1 saturated carbocycles. The predicted octanol–water partition coefficient (Wildman–Crippen LogP) is 2.39. The Bertz CT molecular complexity index is 307. The minimum atomic E-state index is -0.119. The Hall–Kier alpha value is -0.520. The van der Waals surface area contributed by atoms with Gasteiger partial charge in [0.2, 0.25) is 0 Å². The largest absolute Gasteiger partial charge is 0.308 e. The molecule has 0 amide bonds. The highest BCUT2D eigenvalue weighted by molar-refractivity contribution is 5.13. The van der Waals surface area contributed by atoms with Gasteiger partial charge in [0.15, 0.2) is 0 Å². The molecule has 1 spiro atoms. The Kier molecular flexibility index (Phi) is 3.52. The smallest absolute Gasteiger partial charge is 0.0769 e. The third-order valence-corrected chi connectivity index (χ3v) is 4.66. The Morgan fingerprint density at radius 1 is 1.29 bits per heavy atom. The highest BCUT2D eigenvalue weighted by Gasteiger charge is 2.42. The van der Waals surface area contributed by atoms with E-state index in [1.807, 2.05) is 0 Å². The predicted molar refractivity (Wildman–Crippen MR) is 72.9 cm³/mol. The summed E-state index contributed by atoms with van der Waals surface area (Å²) in [7, 11) is 0. The zero-order chi connectivity index (χ0) is 12.5. The summed E-state index contributed by atoms with van der Waals surface area (Å²) < 4.78 is 0. The lowest BCUT2D eigenvalue weighted by atomic mass is 9.78. The molecule has 0 bridgehead atoms. The van der Waals surface area contributed by atoms with Gasteiger partial charge in [0.1, 0.15) is 0 Å². The van der Waals surface area contributed by atoms with Gasteiger partial charge in [-0.25, -0.2) is 0 Å². The second-order valence-electron chi connectivity index (χ2n) is 6.40. The molecule has 96 valence electrons. The SMILES string of the molecule is C#CC(C)(C)N1CC2(CCCCC2)NCC1C. The first-order valence-electron chi connectivity index (χ1n) is 6.99. The van der Waals surface area contributed by atoms with Gasteiger partial charge in [0.05, 0.1) is 5.54 Å². The van der Waals surface area contributed by atoms with Crippen molar-refractivity contribution in [2.24, 2.45) is 0 Å². The molecule has 1 aliphatic carbocycles. The second-order valence-corrected chi connectivity index (χ2v) is 6.40. The first-order chi connectivity index (χ1) is 7.99. The highest BCUT2D eigenvalue weighted by Crippen LogP contribution is 2.34. The van der Waals surface area contributed by atoms with Crippen LogP contribution < -0.4 is 5.32 Å². The van der Waals surface area contributed by atoms with E-state index in [2.05, 4.69) is 36.9 Å². The number of nitrogens with one attached hydrogen (secondary N) is 1. The third kappa shape index (κ3) is 2.51. The van der Waals surface area contributed by atoms with Crippen LogP contribution in [0.1, 0.15) is 52.9 Å². The summed E-state index contributed by atoms with van der Waals surface area (Å²) in [5.74, 6) is 2.96. The lowest BCUT2D eigenvalue weighted by Crippen LogP contribution is -2.67. The molecule has 2 aliphatic rings. The minimum absolute atomic E-state index is 0.119. The summed E-state index contributed by atoms with van der Waals surface area (Å²) in [4.78, 5) is 2.52. The number of hydrogen-bond donors (Lipinski definition) is 1. The Balaban J connectivity index is 2.14. The van der Waals surface area contributed by atoms with E-state index >= 15 is 0 Å². The number of terminal acetylenes is 1. The molecule has 0 aromatic heterocycles. The maximum atomic E-state index is 5.71. The molecule has 1 atom stereocenters. The topological polar surface area (TPSA) is 15.3 Å². The molecule has 1 saturated heterocycles. The van der Waals surface area contributed by atoms with Gasteiger partial charge in [-0.05, 0) is 33.6 Å². The van der Waals surface area contributed by atoms with Crippen LogP contribution in [0, 0.1) is 12.3 Å². The van der Waals surface area contributed by atoms with Crippen molar-refractivity contribution in [3.63, 3.8) is 0 Å². The summed E-state index contributed by atoms with van der Waals surface area (Å²) in [6.45, 7) is 8.81. The maximum Gasteiger partial charge on any atom is 0.0769 e. The summed E-state index contributed by atoms with van der Waals surface area (Å²) in [5.41, 5.74) is 0.227. The van der Waals surface area contributed by atoms with E-state index in [9.17, 15) is 0 Å². The first kappa shape index (κ1) is 12.9. The zero-order valence-electron chi connectivity index (χ0n) is 11.6. The van der Waals surface area contributed by atoms with Crippen molar-refractivity contribution in [3.05, 3.63) is 0 Å². The molecule has 1 aliphatic heterocycles.